The zero-order valence-corrected chi connectivity index (χ0v) is 29.7. The van der Waals surface area contributed by atoms with Crippen LogP contribution in [-0.4, -0.2) is 73.0 Å². The maximum absolute atomic E-state index is 14.3. The van der Waals surface area contributed by atoms with Crippen LogP contribution in [0.4, 0.5) is 4.39 Å². The average Bonchev–Trinajstić information content (AvgIpc) is 3.98. The van der Waals surface area contributed by atoms with E-state index in [0.717, 1.165) is 19.3 Å². The summed E-state index contributed by atoms with van der Waals surface area (Å²) in [6.07, 6.45) is 9.01. The Hall–Kier alpha value is -3.29. The van der Waals surface area contributed by atoms with Crippen LogP contribution in [0.3, 0.4) is 0 Å². The van der Waals surface area contributed by atoms with E-state index in [2.05, 4.69) is 16.6 Å². The highest BCUT2D eigenvalue weighted by Gasteiger charge is 2.61. The van der Waals surface area contributed by atoms with Gasteiger partial charge in [0.1, 0.15) is 17.7 Å². The predicted octanol–water partition coefficient (Wildman–Crippen LogP) is 4.46. The van der Waals surface area contributed by atoms with Gasteiger partial charge in [-0.05, 0) is 74.5 Å². The first-order valence-corrected chi connectivity index (χ1v) is 18.5. The number of benzene rings is 1. The first-order chi connectivity index (χ1) is 22.9. The van der Waals surface area contributed by atoms with Crippen LogP contribution in [0, 0.1) is 29.0 Å². The molecule has 2 saturated carbocycles. The van der Waals surface area contributed by atoms with Crippen LogP contribution in [-0.2, 0) is 24.4 Å². The van der Waals surface area contributed by atoms with Crippen LogP contribution >= 0.6 is 12.4 Å². The number of nitrogens with one attached hydrogen (secondary N) is 1. The van der Waals surface area contributed by atoms with Crippen LogP contribution in [0.2, 0.25) is 0 Å². The molecule has 3 N–H and O–H groups in total. The Morgan fingerprint density at radius 2 is 1.94 bits per heavy atom. The highest BCUT2D eigenvalue weighted by Crippen LogP contribution is 2.57. The van der Waals surface area contributed by atoms with Crippen molar-refractivity contribution in [2.75, 3.05) is 13.7 Å². The number of Topliss-reactive ketones (excluding diaryl/α,β-unsaturated/α-hetero) is 1. The third kappa shape index (κ3) is 7.58. The SMILES string of the molecule is CC[C@@H]1C[C@H](C)CC/C=C\[C@@H]2C[C@@]2(C(=O)NS(=O)(=O)C2CC2)CC(=O)[C@@H]2C[C@@H](Oc3ncc(OC)c4ccc(F)cc34)CN2C(=O)[C@H]1N.Cl. The molecular weight excluding hydrogens is 675 g/mol. The van der Waals surface area contributed by atoms with Gasteiger partial charge in [-0.25, -0.2) is 17.8 Å². The summed E-state index contributed by atoms with van der Waals surface area (Å²) < 4.78 is 53.8. The van der Waals surface area contributed by atoms with Crippen molar-refractivity contribution < 1.29 is 36.7 Å². The number of sulfonamides is 1. The van der Waals surface area contributed by atoms with Gasteiger partial charge in [-0.3, -0.25) is 19.1 Å². The molecule has 0 radical (unpaired) electrons. The Morgan fingerprint density at radius 1 is 1.18 bits per heavy atom. The number of pyridine rings is 1. The number of carbonyl (C=O) groups excluding carboxylic acids is 3. The summed E-state index contributed by atoms with van der Waals surface area (Å²) in [5.74, 6) is -1.44. The number of carbonyl (C=O) groups is 3. The van der Waals surface area contributed by atoms with Crippen molar-refractivity contribution in [2.24, 2.45) is 28.9 Å². The number of nitrogens with zero attached hydrogens (tertiary/aromatic N) is 2. The van der Waals surface area contributed by atoms with Crippen LogP contribution in [0.1, 0.15) is 71.6 Å². The first-order valence-electron chi connectivity index (χ1n) is 17.0. The van der Waals surface area contributed by atoms with Gasteiger partial charge in [-0.1, -0.05) is 32.4 Å². The largest absolute Gasteiger partial charge is 0.494 e. The summed E-state index contributed by atoms with van der Waals surface area (Å²) in [6.45, 7) is 4.17. The number of fused-ring (bicyclic) bond motifs is 3. The number of methoxy groups -OCH3 is 1. The molecule has 1 saturated heterocycles. The van der Waals surface area contributed by atoms with Crippen LogP contribution in [0.5, 0.6) is 11.6 Å². The summed E-state index contributed by atoms with van der Waals surface area (Å²) in [5.41, 5.74) is 5.43. The Morgan fingerprint density at radius 3 is 2.63 bits per heavy atom. The van der Waals surface area contributed by atoms with Crippen molar-refractivity contribution in [3.8, 4) is 11.6 Å². The quantitative estimate of drug-likeness (QED) is 0.394. The monoisotopic (exact) mass is 720 g/mol. The first kappa shape index (κ1) is 37.0. The van der Waals surface area contributed by atoms with E-state index in [1.165, 1.54) is 30.3 Å². The lowest BCUT2D eigenvalue weighted by atomic mass is 9.85. The molecule has 2 aliphatic heterocycles. The van der Waals surface area contributed by atoms with Crippen molar-refractivity contribution in [2.45, 2.75) is 95.1 Å². The van der Waals surface area contributed by atoms with Crippen molar-refractivity contribution in [1.82, 2.24) is 14.6 Å². The number of allylic oxidation sites excluding steroid dienone is 2. The van der Waals surface area contributed by atoms with Gasteiger partial charge < -0.3 is 20.1 Å². The molecule has 3 heterocycles. The molecule has 4 aliphatic rings. The minimum atomic E-state index is -3.83. The van der Waals surface area contributed by atoms with Gasteiger partial charge in [0.25, 0.3) is 0 Å². The maximum Gasteiger partial charge on any atom is 0.240 e. The minimum Gasteiger partial charge on any atom is -0.494 e. The van der Waals surface area contributed by atoms with E-state index in [1.54, 1.807) is 6.07 Å². The molecule has 1 aromatic heterocycles. The van der Waals surface area contributed by atoms with Crippen molar-refractivity contribution >= 4 is 50.8 Å². The van der Waals surface area contributed by atoms with Gasteiger partial charge in [0.2, 0.25) is 27.7 Å². The number of hydrogen-bond donors (Lipinski definition) is 2. The second kappa shape index (κ2) is 14.5. The number of amides is 2. The number of ketones is 1. The molecule has 49 heavy (non-hydrogen) atoms. The molecule has 0 unspecified atom stereocenters. The maximum atomic E-state index is 14.3. The Kier molecular flexibility index (Phi) is 11.0. The van der Waals surface area contributed by atoms with E-state index >= 15 is 0 Å². The normalized spacial score (nSPS) is 31.4. The molecular formula is C35H46ClFN4O7S. The van der Waals surface area contributed by atoms with Gasteiger partial charge in [0, 0.05) is 18.2 Å². The molecule has 1 aromatic carbocycles. The summed E-state index contributed by atoms with van der Waals surface area (Å²) in [6, 6.07) is 2.38. The highest BCUT2D eigenvalue weighted by atomic mass is 35.5. The average molecular weight is 721 g/mol. The third-order valence-electron chi connectivity index (χ3n) is 10.7. The number of ether oxygens (including phenoxy) is 2. The van der Waals surface area contributed by atoms with Crippen LogP contribution in [0.15, 0.2) is 36.5 Å². The second-order valence-corrected chi connectivity index (χ2v) is 16.1. The molecule has 2 aromatic rings. The van der Waals surface area contributed by atoms with Gasteiger partial charge in [-0.15, -0.1) is 12.4 Å². The minimum absolute atomic E-state index is 0. The molecule has 0 spiro atoms. The fourth-order valence-electron chi connectivity index (χ4n) is 7.50. The highest BCUT2D eigenvalue weighted by molar-refractivity contribution is 7.90. The van der Waals surface area contributed by atoms with Gasteiger partial charge >= 0.3 is 0 Å². The molecule has 3 fully saturated rings. The van der Waals surface area contributed by atoms with E-state index in [-0.39, 0.29) is 67.1 Å². The zero-order chi connectivity index (χ0) is 34.4. The Balaban J connectivity index is 0.00000468. The van der Waals surface area contributed by atoms with Crippen LogP contribution in [0.25, 0.3) is 10.8 Å². The number of nitrogens with two attached hydrogens (primary N) is 1. The molecule has 6 rings (SSSR count). The lowest BCUT2D eigenvalue weighted by Crippen LogP contribution is -2.52. The topological polar surface area (TPSA) is 158 Å². The van der Waals surface area contributed by atoms with E-state index in [1.807, 2.05) is 19.1 Å². The van der Waals surface area contributed by atoms with E-state index in [4.69, 9.17) is 15.2 Å². The molecule has 2 amide bonds. The number of halogens is 2. The summed E-state index contributed by atoms with van der Waals surface area (Å²) in [4.78, 5) is 47.9. The Labute approximate surface area is 293 Å². The van der Waals surface area contributed by atoms with E-state index in [0.29, 0.717) is 42.2 Å². The molecule has 14 heteroatoms. The number of rotatable bonds is 7. The van der Waals surface area contributed by atoms with Crippen molar-refractivity contribution in [1.29, 1.82) is 0 Å². The van der Waals surface area contributed by atoms with E-state index in [9.17, 15) is 27.2 Å². The standard InChI is InChI=1S/C35H45FN4O7S.ClH/c1-4-21-13-20(2)7-5-6-8-22-16-35(22,34(43)39-48(44,45)25-10-11-25)17-29(41)28-15-24(19-40(28)33(42)31(21)37)47-32-27-14-23(36)9-12-26(27)30(46-3)18-38-32;/h6,8-9,12,14,18,20-22,24-25,28,31H,4-5,7,10-11,13,15-17,19,37H2,1-3H3,(H,39,43);1H/b8-6-;/t20-,21-,22-,24-,28+,31+,35-;/m1./s1. The summed E-state index contributed by atoms with van der Waals surface area (Å²) >= 11 is 0. The lowest BCUT2D eigenvalue weighted by Gasteiger charge is -2.31. The smallest absolute Gasteiger partial charge is 0.240 e. The van der Waals surface area contributed by atoms with Crippen LogP contribution < -0.4 is 19.9 Å². The molecule has 7 atom stereocenters. The fraction of sp³-hybridized carbons (Fsp3) is 0.600. The molecule has 2 aliphatic carbocycles. The number of hydrogen-bond acceptors (Lipinski definition) is 9. The Bertz CT molecular complexity index is 1740. The lowest BCUT2D eigenvalue weighted by molar-refractivity contribution is -0.141. The molecule has 0 bridgehead atoms. The van der Waals surface area contributed by atoms with Gasteiger partial charge in [0.15, 0.2) is 5.78 Å². The van der Waals surface area contributed by atoms with Crippen molar-refractivity contribution in [3.05, 3.63) is 42.4 Å². The zero-order valence-electron chi connectivity index (χ0n) is 28.1. The van der Waals surface area contributed by atoms with E-state index < -0.39 is 50.6 Å². The van der Waals surface area contributed by atoms with Crippen molar-refractivity contribution in [3.63, 3.8) is 0 Å². The summed E-state index contributed by atoms with van der Waals surface area (Å²) in [5, 5.41) is 0.385. The number of aromatic nitrogens is 1. The molecule has 268 valence electrons. The predicted molar refractivity (Wildman–Crippen MR) is 184 cm³/mol. The fourth-order valence-corrected chi connectivity index (χ4v) is 8.88. The van der Waals surface area contributed by atoms with Gasteiger partial charge in [0.05, 0.1) is 48.0 Å². The van der Waals surface area contributed by atoms with Gasteiger partial charge in [-0.2, -0.15) is 0 Å². The summed E-state index contributed by atoms with van der Waals surface area (Å²) in [7, 11) is -2.34. The molecule has 11 nitrogen and oxygen atoms in total. The third-order valence-corrected chi connectivity index (χ3v) is 12.5. The second-order valence-electron chi connectivity index (χ2n) is 14.1.